The Kier molecular flexibility index (Phi) is 4.43. The van der Waals surface area contributed by atoms with E-state index in [9.17, 15) is 9.59 Å². The summed E-state index contributed by atoms with van der Waals surface area (Å²) in [4.78, 5) is 26.9. The lowest BCUT2D eigenvalue weighted by molar-refractivity contribution is -0.147. The van der Waals surface area contributed by atoms with Gasteiger partial charge >= 0.3 is 5.97 Å². The molecular formula is C11H12ClNO3. The third-order valence-electron chi connectivity index (χ3n) is 1.97. The molecule has 1 atom stereocenters. The van der Waals surface area contributed by atoms with E-state index >= 15 is 0 Å². The summed E-state index contributed by atoms with van der Waals surface area (Å²) >= 11 is 5.67. The average Bonchev–Trinajstić information content (AvgIpc) is 2.21. The van der Waals surface area contributed by atoms with Crippen molar-refractivity contribution in [1.82, 2.24) is 4.98 Å². The number of Topliss-reactive ketones (excluding diaryl/α,β-unsaturated/α-hetero) is 1. The maximum Gasteiger partial charge on any atom is 0.322 e. The predicted octanol–water partition coefficient (Wildman–Crippen LogP) is 1.97. The highest BCUT2D eigenvalue weighted by Gasteiger charge is 2.27. The standard InChI is InChI=1S/C11H12ClNO3/c1-3-16-11(15)10(7(2)14)9-5-4-8(12)6-13-9/h4-6,10H,3H2,1-2H3. The Morgan fingerprint density at radius 3 is 2.62 bits per heavy atom. The topological polar surface area (TPSA) is 56.3 Å². The van der Waals surface area contributed by atoms with Crippen LogP contribution in [0.4, 0.5) is 0 Å². The number of nitrogens with zero attached hydrogens (tertiary/aromatic N) is 1. The van der Waals surface area contributed by atoms with E-state index in [2.05, 4.69) is 4.98 Å². The predicted molar refractivity (Wildman–Crippen MR) is 59.3 cm³/mol. The molecule has 1 unspecified atom stereocenters. The molecule has 0 fully saturated rings. The van der Waals surface area contributed by atoms with Gasteiger partial charge in [-0.2, -0.15) is 0 Å². The van der Waals surface area contributed by atoms with Crippen molar-refractivity contribution in [2.75, 3.05) is 6.61 Å². The van der Waals surface area contributed by atoms with Gasteiger partial charge in [0.05, 0.1) is 17.3 Å². The number of aromatic nitrogens is 1. The van der Waals surface area contributed by atoms with Gasteiger partial charge in [-0.05, 0) is 26.0 Å². The van der Waals surface area contributed by atoms with Crippen LogP contribution in [0.5, 0.6) is 0 Å². The van der Waals surface area contributed by atoms with Crippen molar-refractivity contribution < 1.29 is 14.3 Å². The molecule has 0 saturated heterocycles. The molecule has 0 bridgehead atoms. The molecule has 86 valence electrons. The molecule has 0 aliphatic heterocycles. The largest absolute Gasteiger partial charge is 0.465 e. The van der Waals surface area contributed by atoms with Gasteiger partial charge in [-0.25, -0.2) is 0 Å². The highest BCUT2D eigenvalue weighted by molar-refractivity contribution is 6.30. The molecule has 1 aromatic heterocycles. The Morgan fingerprint density at radius 1 is 1.50 bits per heavy atom. The lowest BCUT2D eigenvalue weighted by atomic mass is 10.0. The quantitative estimate of drug-likeness (QED) is 0.597. The minimum atomic E-state index is -0.961. The molecule has 0 aliphatic carbocycles. The van der Waals surface area contributed by atoms with Gasteiger partial charge in [0, 0.05) is 6.20 Å². The molecular weight excluding hydrogens is 230 g/mol. The highest BCUT2D eigenvalue weighted by Crippen LogP contribution is 2.18. The zero-order valence-electron chi connectivity index (χ0n) is 9.07. The van der Waals surface area contributed by atoms with E-state index in [1.165, 1.54) is 13.1 Å². The third kappa shape index (κ3) is 3.03. The molecule has 1 heterocycles. The number of halogens is 1. The fourth-order valence-electron chi connectivity index (χ4n) is 1.28. The number of carbonyl (C=O) groups is 2. The minimum Gasteiger partial charge on any atom is -0.465 e. The molecule has 0 aliphatic rings. The van der Waals surface area contributed by atoms with Crippen molar-refractivity contribution in [3.63, 3.8) is 0 Å². The van der Waals surface area contributed by atoms with Crippen molar-refractivity contribution in [2.45, 2.75) is 19.8 Å². The Morgan fingerprint density at radius 2 is 2.19 bits per heavy atom. The zero-order valence-corrected chi connectivity index (χ0v) is 9.82. The fourth-order valence-corrected chi connectivity index (χ4v) is 1.39. The number of ketones is 1. The summed E-state index contributed by atoms with van der Waals surface area (Å²) < 4.78 is 4.82. The van der Waals surface area contributed by atoms with Crippen molar-refractivity contribution in [3.05, 3.63) is 29.0 Å². The van der Waals surface area contributed by atoms with Gasteiger partial charge in [-0.15, -0.1) is 0 Å². The summed E-state index contributed by atoms with van der Waals surface area (Å²) in [6.45, 7) is 3.25. The molecule has 1 rings (SSSR count). The maximum atomic E-state index is 11.6. The zero-order chi connectivity index (χ0) is 12.1. The van der Waals surface area contributed by atoms with Crippen LogP contribution in [0.3, 0.4) is 0 Å². The van der Waals surface area contributed by atoms with Crippen molar-refractivity contribution >= 4 is 23.4 Å². The van der Waals surface area contributed by atoms with E-state index in [0.29, 0.717) is 10.7 Å². The van der Waals surface area contributed by atoms with Crippen LogP contribution in [0.25, 0.3) is 0 Å². The van der Waals surface area contributed by atoms with Crippen LogP contribution < -0.4 is 0 Å². The summed E-state index contributed by atoms with van der Waals surface area (Å²) in [6, 6.07) is 3.13. The van der Waals surface area contributed by atoms with Crippen LogP contribution in [0.2, 0.25) is 5.02 Å². The SMILES string of the molecule is CCOC(=O)C(C(C)=O)c1ccc(Cl)cn1. The number of hydrogen-bond donors (Lipinski definition) is 0. The Balaban J connectivity index is 2.98. The summed E-state index contributed by atoms with van der Waals surface area (Å²) in [7, 11) is 0. The first-order valence-corrected chi connectivity index (χ1v) is 5.22. The molecule has 0 aromatic carbocycles. The Labute approximate surface area is 98.6 Å². The second-order valence-corrected chi connectivity index (χ2v) is 3.63. The Bertz CT molecular complexity index is 389. The normalized spacial score (nSPS) is 11.9. The molecule has 16 heavy (non-hydrogen) atoms. The number of ether oxygens (including phenoxy) is 1. The van der Waals surface area contributed by atoms with Crippen LogP contribution in [-0.4, -0.2) is 23.3 Å². The number of esters is 1. The van der Waals surface area contributed by atoms with E-state index < -0.39 is 11.9 Å². The maximum absolute atomic E-state index is 11.6. The molecule has 0 radical (unpaired) electrons. The van der Waals surface area contributed by atoms with E-state index in [-0.39, 0.29) is 12.4 Å². The summed E-state index contributed by atoms with van der Waals surface area (Å²) in [5.41, 5.74) is 0.357. The Hall–Kier alpha value is -1.42. The molecule has 0 saturated carbocycles. The number of pyridine rings is 1. The first-order valence-electron chi connectivity index (χ1n) is 4.84. The molecule has 0 amide bonds. The van der Waals surface area contributed by atoms with E-state index in [1.54, 1.807) is 19.1 Å². The number of carbonyl (C=O) groups excluding carboxylic acids is 2. The molecule has 4 nitrogen and oxygen atoms in total. The van der Waals surface area contributed by atoms with Gasteiger partial charge in [-0.1, -0.05) is 11.6 Å². The molecule has 5 heteroatoms. The third-order valence-corrected chi connectivity index (χ3v) is 2.20. The summed E-state index contributed by atoms with van der Waals surface area (Å²) in [5.74, 6) is -1.84. The summed E-state index contributed by atoms with van der Waals surface area (Å²) in [6.07, 6.45) is 1.39. The molecule has 0 N–H and O–H groups in total. The first-order chi connectivity index (χ1) is 7.56. The number of hydrogen-bond acceptors (Lipinski definition) is 4. The van der Waals surface area contributed by atoms with Gasteiger partial charge in [0.2, 0.25) is 0 Å². The monoisotopic (exact) mass is 241 g/mol. The van der Waals surface area contributed by atoms with Crippen molar-refractivity contribution in [2.24, 2.45) is 0 Å². The molecule has 1 aromatic rings. The van der Waals surface area contributed by atoms with Gasteiger partial charge in [-0.3, -0.25) is 14.6 Å². The van der Waals surface area contributed by atoms with Crippen molar-refractivity contribution in [3.8, 4) is 0 Å². The van der Waals surface area contributed by atoms with Crippen LogP contribution >= 0.6 is 11.6 Å². The second-order valence-electron chi connectivity index (χ2n) is 3.20. The highest BCUT2D eigenvalue weighted by atomic mass is 35.5. The minimum absolute atomic E-state index is 0.232. The van der Waals surface area contributed by atoms with Crippen LogP contribution in [0.1, 0.15) is 25.5 Å². The van der Waals surface area contributed by atoms with E-state index in [0.717, 1.165) is 0 Å². The smallest absolute Gasteiger partial charge is 0.322 e. The number of rotatable bonds is 4. The van der Waals surface area contributed by atoms with Gasteiger partial charge in [0.15, 0.2) is 5.92 Å². The lowest BCUT2D eigenvalue weighted by Gasteiger charge is -2.11. The van der Waals surface area contributed by atoms with Crippen LogP contribution in [-0.2, 0) is 14.3 Å². The first kappa shape index (κ1) is 12.6. The lowest BCUT2D eigenvalue weighted by Crippen LogP contribution is -2.23. The second kappa shape index (κ2) is 5.61. The van der Waals surface area contributed by atoms with Gasteiger partial charge in [0.1, 0.15) is 5.78 Å². The van der Waals surface area contributed by atoms with Crippen LogP contribution in [0, 0.1) is 0 Å². The van der Waals surface area contributed by atoms with Gasteiger partial charge < -0.3 is 4.74 Å². The summed E-state index contributed by atoms with van der Waals surface area (Å²) in [5, 5.41) is 0.454. The van der Waals surface area contributed by atoms with Crippen molar-refractivity contribution in [1.29, 1.82) is 0 Å². The fraction of sp³-hybridized carbons (Fsp3) is 0.364. The van der Waals surface area contributed by atoms with Crippen LogP contribution in [0.15, 0.2) is 18.3 Å². The van der Waals surface area contributed by atoms with Gasteiger partial charge in [0.25, 0.3) is 0 Å². The van der Waals surface area contributed by atoms with E-state index in [1.807, 2.05) is 0 Å². The average molecular weight is 242 g/mol. The molecule has 0 spiro atoms. The van der Waals surface area contributed by atoms with E-state index in [4.69, 9.17) is 16.3 Å².